The van der Waals surface area contributed by atoms with Crippen LogP contribution in [0, 0.1) is 0 Å². The Morgan fingerprint density at radius 1 is 0.688 bits per heavy atom. The Morgan fingerprint density at radius 2 is 1.19 bits per heavy atom. The third-order valence-electron chi connectivity index (χ3n) is 2.48. The number of phenolic OH excluding ortho intramolecular Hbond substituents is 1. The maximum Gasteiger partial charge on any atom is 0.115 e. The predicted molar refractivity (Wildman–Crippen MR) is 62.0 cm³/mol. The number of rotatable bonds is 3. The van der Waals surface area contributed by atoms with Gasteiger partial charge >= 0.3 is 0 Å². The number of benzene rings is 2. The summed E-state index contributed by atoms with van der Waals surface area (Å²) in [5.41, 5.74) is 2.61. The number of aryl methyl sites for hydroxylation is 2. The van der Waals surface area contributed by atoms with Gasteiger partial charge < -0.3 is 5.11 Å². The number of hydrogen-bond acceptors (Lipinski definition) is 1. The minimum atomic E-state index is 0. The van der Waals surface area contributed by atoms with Crippen LogP contribution < -0.4 is 0 Å². The van der Waals surface area contributed by atoms with Crippen molar-refractivity contribution in [1.82, 2.24) is 0 Å². The minimum Gasteiger partial charge on any atom is -0.508 e. The molecule has 1 N–H and O–H groups in total. The van der Waals surface area contributed by atoms with Gasteiger partial charge in [-0.3, -0.25) is 0 Å². The molecular formula is C14H14CmO. The van der Waals surface area contributed by atoms with E-state index in [-0.39, 0.29) is 0 Å². The van der Waals surface area contributed by atoms with Gasteiger partial charge in [-0.1, -0.05) is 42.5 Å². The van der Waals surface area contributed by atoms with E-state index in [1.54, 1.807) is 12.1 Å². The van der Waals surface area contributed by atoms with Crippen molar-refractivity contribution in [3.63, 3.8) is 0 Å². The fraction of sp³-hybridized carbons (Fsp3) is 0.143. The van der Waals surface area contributed by atoms with Crippen LogP contribution in [0.15, 0.2) is 54.6 Å². The second-order valence-corrected chi connectivity index (χ2v) is 3.65. The molecule has 0 aliphatic heterocycles. The fourth-order valence-corrected chi connectivity index (χ4v) is 1.60. The number of hydrogen-bond donors (Lipinski definition) is 1. The molecule has 0 aliphatic carbocycles. The molecule has 0 saturated heterocycles. The Bertz CT molecular complexity index is 409. The van der Waals surface area contributed by atoms with Crippen molar-refractivity contribution in [3.8, 4) is 5.75 Å². The second-order valence-electron chi connectivity index (χ2n) is 3.65. The van der Waals surface area contributed by atoms with Crippen LogP contribution in [-0.4, -0.2) is 5.11 Å². The zero-order valence-corrected chi connectivity index (χ0v) is 11.9. The van der Waals surface area contributed by atoms with Crippen LogP contribution in [0.2, 0.25) is 0 Å². The largest absolute Gasteiger partial charge is 0.508 e. The van der Waals surface area contributed by atoms with Crippen LogP contribution in [0.25, 0.3) is 0 Å². The summed E-state index contributed by atoms with van der Waals surface area (Å²) in [4.78, 5) is 0. The van der Waals surface area contributed by atoms with E-state index < -0.39 is 0 Å². The maximum absolute atomic E-state index is 9.14. The average molecular weight is 445 g/mol. The average Bonchev–Trinajstić information content (AvgIpc) is 2.30. The summed E-state index contributed by atoms with van der Waals surface area (Å²) in [5, 5.41) is 9.14. The van der Waals surface area contributed by atoms with Crippen molar-refractivity contribution in [1.29, 1.82) is 0 Å². The topological polar surface area (TPSA) is 20.2 Å². The molecule has 2 rings (SSSR count). The summed E-state index contributed by atoms with van der Waals surface area (Å²) in [6.07, 6.45) is 2.07. The second kappa shape index (κ2) is 5.20. The Hall–Kier alpha value is -2.76. The van der Waals surface area contributed by atoms with Gasteiger partial charge in [-0.15, -0.1) is 0 Å². The molecule has 0 amide bonds. The summed E-state index contributed by atoms with van der Waals surface area (Å²) in [7, 11) is 0. The third kappa shape index (κ3) is 2.88. The van der Waals surface area contributed by atoms with Gasteiger partial charge in [0.25, 0.3) is 0 Å². The Kier molecular flexibility index (Phi) is 3.68. The van der Waals surface area contributed by atoms with Gasteiger partial charge in [0.05, 0.1) is 0 Å². The molecule has 0 fully saturated rings. The molecule has 0 unspecified atom stereocenters. The van der Waals surface area contributed by atoms with Gasteiger partial charge in [0.2, 0.25) is 0 Å². The smallest absolute Gasteiger partial charge is 0.115 e. The zero-order valence-electron chi connectivity index (χ0n) is 8.91. The van der Waals surface area contributed by atoms with Gasteiger partial charge in [-0.25, -0.2) is 0 Å². The standard InChI is InChI=1S/C14H14O.Cm/c15-14-10-8-13(9-11-14)7-6-12-4-2-1-3-5-12;/h1-5,8-11,15H,6-7H2;. The summed E-state index contributed by atoms with van der Waals surface area (Å²) in [6, 6.07) is 17.8. The first-order valence-electron chi connectivity index (χ1n) is 5.16. The molecule has 84 valence electrons. The van der Waals surface area contributed by atoms with Crippen LogP contribution in [0.5, 0.6) is 5.75 Å². The van der Waals surface area contributed by atoms with E-state index >= 15 is 0 Å². The quantitative estimate of drug-likeness (QED) is 0.770. The van der Waals surface area contributed by atoms with Gasteiger partial charge in [-0.2, -0.15) is 0 Å². The van der Waals surface area contributed by atoms with E-state index in [2.05, 4.69) is 24.3 Å². The van der Waals surface area contributed by atoms with Crippen molar-refractivity contribution in [3.05, 3.63) is 65.7 Å². The molecule has 0 atom stereocenters. The van der Waals surface area contributed by atoms with E-state index in [4.69, 9.17) is 5.11 Å². The Morgan fingerprint density at radius 3 is 1.75 bits per heavy atom. The summed E-state index contributed by atoms with van der Waals surface area (Å²) in [6.45, 7) is 0. The normalized spacial score (nSPS) is 9.50. The third-order valence-corrected chi connectivity index (χ3v) is 2.48. The van der Waals surface area contributed by atoms with Crippen molar-refractivity contribution in [2.24, 2.45) is 0 Å². The van der Waals surface area contributed by atoms with Crippen LogP contribution >= 0.6 is 0 Å². The van der Waals surface area contributed by atoms with E-state index in [1.165, 1.54) is 11.1 Å². The molecule has 0 spiro atoms. The molecule has 2 aromatic rings. The summed E-state index contributed by atoms with van der Waals surface area (Å²) in [5.74, 6) is 0.332. The van der Waals surface area contributed by atoms with Crippen molar-refractivity contribution >= 4 is 0 Å². The number of aromatic hydroxyl groups is 1. The SMILES string of the molecule is Oc1ccc(CCc2ccccc2)cc1.[Cm]. The zero-order chi connectivity index (χ0) is 10.5. The Labute approximate surface area is 90.0 Å². The van der Waals surface area contributed by atoms with Crippen LogP contribution in [0.1, 0.15) is 11.1 Å². The van der Waals surface area contributed by atoms with E-state index in [1.807, 2.05) is 18.2 Å². The monoisotopic (exact) mass is 441 g/mol. The van der Waals surface area contributed by atoms with Crippen molar-refractivity contribution in [2.45, 2.75) is 12.8 Å². The Balaban J connectivity index is 0.00000128. The molecule has 0 aromatic heterocycles. The van der Waals surface area contributed by atoms with Gasteiger partial charge in [0.15, 0.2) is 0 Å². The first kappa shape index (κ1) is 11.3. The molecule has 0 saturated carbocycles. The van der Waals surface area contributed by atoms with E-state index in [0.717, 1.165) is 12.8 Å². The molecular weight excluding hydrogens is 431 g/mol. The number of phenols is 1. The summed E-state index contributed by atoms with van der Waals surface area (Å²) >= 11 is 0. The van der Waals surface area contributed by atoms with E-state index in [0.29, 0.717) is 5.75 Å². The predicted octanol–water partition coefficient (Wildman–Crippen LogP) is 3.18. The van der Waals surface area contributed by atoms with Crippen molar-refractivity contribution < 1.29 is 5.11 Å². The first-order valence-corrected chi connectivity index (χ1v) is 5.16. The molecule has 16 heavy (non-hydrogen) atoms. The van der Waals surface area contributed by atoms with Gasteiger partial charge in [-0.05, 0) is 36.1 Å². The van der Waals surface area contributed by atoms with Crippen molar-refractivity contribution in [2.75, 3.05) is 0 Å². The molecule has 2 heteroatoms. The molecule has 2 aromatic carbocycles. The van der Waals surface area contributed by atoms with Crippen LogP contribution in [-0.2, 0) is 12.8 Å². The molecule has 1 nitrogen and oxygen atoms in total. The van der Waals surface area contributed by atoms with E-state index in [9.17, 15) is 0 Å². The van der Waals surface area contributed by atoms with Gasteiger partial charge in [0.1, 0.15) is 5.75 Å². The first-order chi connectivity index (χ1) is 7.34. The molecule has 0 radical (unpaired) electrons. The van der Waals surface area contributed by atoms with Gasteiger partial charge in [0, 0.05) is 0 Å². The minimum absolute atomic E-state index is 0. The maximum atomic E-state index is 9.14. The fourth-order valence-electron chi connectivity index (χ4n) is 1.60. The van der Waals surface area contributed by atoms with Crippen LogP contribution in [0.4, 0.5) is 0 Å². The molecule has 0 bridgehead atoms. The van der Waals surface area contributed by atoms with Crippen LogP contribution in [0.3, 0.4) is 0 Å². The molecule has 0 heterocycles. The molecule has 0 aliphatic rings. The summed E-state index contributed by atoms with van der Waals surface area (Å²) < 4.78 is 0.